The molecule has 7 heteroatoms. The molecule has 20 heavy (non-hydrogen) atoms. The van der Waals surface area contributed by atoms with Gasteiger partial charge in [-0.2, -0.15) is 0 Å². The van der Waals surface area contributed by atoms with Crippen LogP contribution in [0.15, 0.2) is 28.1 Å². The number of rotatable bonds is 6. The van der Waals surface area contributed by atoms with Gasteiger partial charge in [0.1, 0.15) is 5.69 Å². The van der Waals surface area contributed by atoms with Gasteiger partial charge in [0.05, 0.1) is 25.0 Å². The number of thiophene rings is 1. The molecule has 0 aliphatic carbocycles. The van der Waals surface area contributed by atoms with E-state index in [1.165, 1.54) is 7.11 Å². The summed E-state index contributed by atoms with van der Waals surface area (Å²) in [5, 5.41) is 8.50. The number of carbonyl (C=O) groups is 2. The van der Waals surface area contributed by atoms with Crippen LogP contribution in [0.1, 0.15) is 18.5 Å². The zero-order chi connectivity index (χ0) is 14.4. The average Bonchev–Trinajstić information content (AvgIpc) is 3.12. The smallest absolute Gasteiger partial charge is 0.306 e. The third kappa shape index (κ3) is 3.92. The van der Waals surface area contributed by atoms with Crippen LogP contribution < -0.4 is 5.32 Å². The van der Waals surface area contributed by atoms with Gasteiger partial charge in [-0.05, 0) is 11.4 Å². The SMILES string of the molecule is COC(=O)CCC(=O)NCc1cc(-c2cccs2)on1. The Hall–Kier alpha value is -2.15. The number of nitrogens with one attached hydrogen (secondary N) is 1. The number of ether oxygens (including phenoxy) is 1. The van der Waals surface area contributed by atoms with Crippen LogP contribution in [0.3, 0.4) is 0 Å². The monoisotopic (exact) mass is 294 g/mol. The topological polar surface area (TPSA) is 81.4 Å². The summed E-state index contributed by atoms with van der Waals surface area (Å²) in [6, 6.07) is 5.65. The minimum Gasteiger partial charge on any atom is -0.469 e. The van der Waals surface area contributed by atoms with Crippen molar-refractivity contribution in [3.05, 3.63) is 29.3 Å². The Morgan fingerprint density at radius 1 is 1.45 bits per heavy atom. The van der Waals surface area contributed by atoms with E-state index in [1.54, 1.807) is 17.4 Å². The highest BCUT2D eigenvalue weighted by Crippen LogP contribution is 2.24. The molecule has 0 spiro atoms. The Labute approximate surface area is 119 Å². The number of hydrogen-bond acceptors (Lipinski definition) is 6. The molecule has 0 atom stereocenters. The number of aromatic nitrogens is 1. The van der Waals surface area contributed by atoms with Gasteiger partial charge in [0.25, 0.3) is 0 Å². The first-order valence-electron chi connectivity index (χ1n) is 6.02. The fourth-order valence-electron chi connectivity index (χ4n) is 1.53. The Balaban J connectivity index is 1.80. The van der Waals surface area contributed by atoms with E-state index in [2.05, 4.69) is 15.2 Å². The van der Waals surface area contributed by atoms with Crippen molar-refractivity contribution in [2.45, 2.75) is 19.4 Å². The van der Waals surface area contributed by atoms with Gasteiger partial charge in [-0.3, -0.25) is 9.59 Å². The van der Waals surface area contributed by atoms with Gasteiger partial charge in [0.15, 0.2) is 5.76 Å². The molecule has 0 radical (unpaired) electrons. The predicted molar refractivity (Wildman–Crippen MR) is 72.9 cm³/mol. The molecule has 0 bridgehead atoms. The Morgan fingerprint density at radius 3 is 3.00 bits per heavy atom. The molecule has 0 aliphatic rings. The fraction of sp³-hybridized carbons (Fsp3) is 0.308. The lowest BCUT2D eigenvalue weighted by atomic mass is 10.3. The lowest BCUT2D eigenvalue weighted by molar-refractivity contribution is -0.142. The molecule has 1 N–H and O–H groups in total. The molecule has 0 aliphatic heterocycles. The van der Waals surface area contributed by atoms with Gasteiger partial charge in [-0.1, -0.05) is 11.2 Å². The van der Waals surface area contributed by atoms with E-state index in [1.807, 2.05) is 17.5 Å². The van der Waals surface area contributed by atoms with E-state index in [9.17, 15) is 9.59 Å². The standard InChI is InChI=1S/C13H14N2O4S/c1-18-13(17)5-4-12(16)14-8-9-7-10(19-15-9)11-3-2-6-20-11/h2-3,6-7H,4-5,8H2,1H3,(H,14,16). The Bertz CT molecular complexity index is 577. The zero-order valence-electron chi connectivity index (χ0n) is 10.9. The molecule has 6 nitrogen and oxygen atoms in total. The summed E-state index contributed by atoms with van der Waals surface area (Å²) < 4.78 is 9.65. The minimum atomic E-state index is -0.401. The van der Waals surface area contributed by atoms with Gasteiger partial charge in [-0.15, -0.1) is 11.3 Å². The van der Waals surface area contributed by atoms with Crippen molar-refractivity contribution in [1.29, 1.82) is 0 Å². The molecule has 2 rings (SSSR count). The maximum Gasteiger partial charge on any atom is 0.306 e. The van der Waals surface area contributed by atoms with Crippen LogP contribution >= 0.6 is 11.3 Å². The van der Waals surface area contributed by atoms with Crippen molar-refractivity contribution in [2.75, 3.05) is 7.11 Å². The number of hydrogen-bond donors (Lipinski definition) is 1. The molecule has 106 valence electrons. The Morgan fingerprint density at radius 2 is 2.30 bits per heavy atom. The van der Waals surface area contributed by atoms with Crippen molar-refractivity contribution >= 4 is 23.2 Å². The maximum atomic E-state index is 11.5. The van der Waals surface area contributed by atoms with E-state index in [0.29, 0.717) is 11.5 Å². The molecular weight excluding hydrogens is 280 g/mol. The van der Waals surface area contributed by atoms with Crippen LogP contribution in [0.4, 0.5) is 0 Å². The van der Waals surface area contributed by atoms with E-state index >= 15 is 0 Å². The second kappa shape index (κ2) is 6.85. The number of carbonyl (C=O) groups excluding carboxylic acids is 2. The van der Waals surface area contributed by atoms with E-state index in [0.717, 1.165) is 4.88 Å². The van der Waals surface area contributed by atoms with Crippen molar-refractivity contribution in [1.82, 2.24) is 10.5 Å². The summed E-state index contributed by atoms with van der Waals surface area (Å²) in [4.78, 5) is 23.4. The molecule has 0 saturated heterocycles. The van der Waals surface area contributed by atoms with Crippen LogP contribution in [0.2, 0.25) is 0 Å². The van der Waals surface area contributed by atoms with Crippen LogP contribution in [-0.4, -0.2) is 24.1 Å². The first-order chi connectivity index (χ1) is 9.69. The summed E-state index contributed by atoms with van der Waals surface area (Å²) in [6.45, 7) is 0.273. The average molecular weight is 294 g/mol. The summed E-state index contributed by atoms with van der Waals surface area (Å²) in [5.41, 5.74) is 0.639. The van der Waals surface area contributed by atoms with Crippen LogP contribution in [0.5, 0.6) is 0 Å². The first-order valence-corrected chi connectivity index (χ1v) is 6.90. The highest BCUT2D eigenvalue weighted by atomic mass is 32.1. The number of nitrogens with zero attached hydrogens (tertiary/aromatic N) is 1. The second-order valence-electron chi connectivity index (χ2n) is 4.01. The molecule has 2 heterocycles. The van der Waals surface area contributed by atoms with Crippen molar-refractivity contribution in [2.24, 2.45) is 0 Å². The predicted octanol–water partition coefficient (Wildman–Crippen LogP) is 1.97. The molecule has 0 fully saturated rings. The molecule has 1 amide bonds. The lowest BCUT2D eigenvalue weighted by Gasteiger charge is -2.01. The minimum absolute atomic E-state index is 0.0710. The quantitative estimate of drug-likeness (QED) is 0.824. The molecule has 2 aromatic heterocycles. The zero-order valence-corrected chi connectivity index (χ0v) is 11.7. The Kier molecular flexibility index (Phi) is 4.89. The van der Waals surface area contributed by atoms with Gasteiger partial charge in [-0.25, -0.2) is 0 Å². The lowest BCUT2D eigenvalue weighted by Crippen LogP contribution is -2.23. The van der Waals surface area contributed by atoms with Crippen LogP contribution in [0, 0.1) is 0 Å². The van der Waals surface area contributed by atoms with Crippen molar-refractivity contribution < 1.29 is 18.8 Å². The highest BCUT2D eigenvalue weighted by molar-refractivity contribution is 7.13. The van der Waals surface area contributed by atoms with E-state index in [4.69, 9.17) is 4.52 Å². The number of esters is 1. The third-order valence-electron chi connectivity index (χ3n) is 2.57. The van der Waals surface area contributed by atoms with Crippen molar-refractivity contribution in [3.8, 4) is 10.6 Å². The van der Waals surface area contributed by atoms with Crippen LogP contribution in [-0.2, 0) is 20.9 Å². The summed E-state index contributed by atoms with van der Waals surface area (Å²) in [6.07, 6.45) is 0.171. The first kappa shape index (κ1) is 14.3. The molecule has 0 saturated carbocycles. The fourth-order valence-corrected chi connectivity index (χ4v) is 2.20. The van der Waals surface area contributed by atoms with Gasteiger partial charge < -0.3 is 14.6 Å². The largest absolute Gasteiger partial charge is 0.469 e. The number of methoxy groups -OCH3 is 1. The summed E-state index contributed by atoms with van der Waals surface area (Å²) in [5.74, 6) is 0.0523. The molecule has 2 aromatic rings. The normalized spacial score (nSPS) is 10.2. The third-order valence-corrected chi connectivity index (χ3v) is 3.46. The van der Waals surface area contributed by atoms with Crippen LogP contribution in [0.25, 0.3) is 10.6 Å². The maximum absolute atomic E-state index is 11.5. The van der Waals surface area contributed by atoms with E-state index < -0.39 is 5.97 Å². The van der Waals surface area contributed by atoms with E-state index in [-0.39, 0.29) is 25.3 Å². The van der Waals surface area contributed by atoms with Gasteiger partial charge in [0.2, 0.25) is 5.91 Å². The summed E-state index contributed by atoms with van der Waals surface area (Å²) in [7, 11) is 1.29. The molecule has 0 aromatic carbocycles. The van der Waals surface area contributed by atoms with Gasteiger partial charge in [0, 0.05) is 12.5 Å². The van der Waals surface area contributed by atoms with Gasteiger partial charge >= 0.3 is 5.97 Å². The number of amides is 1. The molecular formula is C13H14N2O4S. The summed E-state index contributed by atoms with van der Waals surface area (Å²) >= 11 is 1.56. The molecule has 0 unspecified atom stereocenters. The second-order valence-corrected chi connectivity index (χ2v) is 4.96. The highest BCUT2D eigenvalue weighted by Gasteiger charge is 2.10. The van der Waals surface area contributed by atoms with Crippen molar-refractivity contribution in [3.63, 3.8) is 0 Å².